The van der Waals surface area contributed by atoms with E-state index in [4.69, 9.17) is 17.3 Å². The average molecular weight is 290 g/mol. The van der Waals surface area contributed by atoms with Crippen LogP contribution >= 0.6 is 11.6 Å². The number of halogens is 4. The van der Waals surface area contributed by atoms with E-state index in [9.17, 15) is 18.0 Å². The van der Waals surface area contributed by atoms with Gasteiger partial charge in [0.2, 0.25) is 0 Å². The van der Waals surface area contributed by atoms with Crippen molar-refractivity contribution >= 4 is 17.5 Å². The minimum Gasteiger partial charge on any atom is -0.364 e. The lowest BCUT2D eigenvalue weighted by molar-refractivity contribution is -0.141. The number of para-hydroxylation sites is 1. The van der Waals surface area contributed by atoms with Gasteiger partial charge >= 0.3 is 6.18 Å². The summed E-state index contributed by atoms with van der Waals surface area (Å²) >= 11 is 5.55. The van der Waals surface area contributed by atoms with Crippen LogP contribution in [0.3, 0.4) is 0 Å². The fourth-order valence-electron chi connectivity index (χ4n) is 1.55. The molecule has 0 aliphatic heterocycles. The van der Waals surface area contributed by atoms with Crippen LogP contribution in [0.15, 0.2) is 30.3 Å². The second kappa shape index (κ2) is 4.58. The molecule has 2 aromatic rings. The van der Waals surface area contributed by atoms with Gasteiger partial charge in [-0.2, -0.15) is 18.3 Å². The molecule has 1 aromatic carbocycles. The number of benzene rings is 1. The molecule has 1 aromatic heterocycles. The van der Waals surface area contributed by atoms with Crippen LogP contribution in [0.4, 0.5) is 13.2 Å². The van der Waals surface area contributed by atoms with E-state index in [1.807, 2.05) is 0 Å². The average Bonchev–Trinajstić information content (AvgIpc) is 2.68. The van der Waals surface area contributed by atoms with E-state index < -0.39 is 28.5 Å². The van der Waals surface area contributed by atoms with Crippen molar-refractivity contribution in [1.29, 1.82) is 0 Å². The van der Waals surface area contributed by atoms with Crippen molar-refractivity contribution in [1.82, 2.24) is 9.78 Å². The highest BCUT2D eigenvalue weighted by Gasteiger charge is 2.40. The summed E-state index contributed by atoms with van der Waals surface area (Å²) in [6.45, 7) is 0. The molecule has 0 spiro atoms. The Bertz CT molecular complexity index is 622. The summed E-state index contributed by atoms with van der Waals surface area (Å²) in [7, 11) is 0. The number of aromatic nitrogens is 2. The molecule has 0 unspecified atom stereocenters. The Kier molecular flexibility index (Phi) is 3.23. The Morgan fingerprint density at radius 1 is 1.26 bits per heavy atom. The molecular formula is C11H7ClF3N3O. The molecule has 0 fully saturated rings. The first-order chi connectivity index (χ1) is 8.82. The number of hydrogen-bond acceptors (Lipinski definition) is 2. The zero-order chi connectivity index (χ0) is 14.2. The first kappa shape index (κ1) is 13.4. The number of alkyl halides is 3. The molecule has 0 bridgehead atoms. The van der Waals surface area contributed by atoms with Gasteiger partial charge in [0.1, 0.15) is 5.02 Å². The van der Waals surface area contributed by atoms with Crippen LogP contribution in [0, 0.1) is 0 Å². The molecular weight excluding hydrogens is 283 g/mol. The highest BCUT2D eigenvalue weighted by Crippen LogP contribution is 2.36. The molecule has 1 amide bonds. The summed E-state index contributed by atoms with van der Waals surface area (Å²) in [5, 5.41) is 2.53. The molecule has 100 valence electrons. The Hall–Kier alpha value is -2.02. The molecule has 0 aliphatic rings. The number of carbonyl (C=O) groups excluding carboxylic acids is 1. The Labute approximate surface area is 110 Å². The fraction of sp³-hybridized carbons (Fsp3) is 0.0909. The van der Waals surface area contributed by atoms with Crippen molar-refractivity contribution in [3.05, 3.63) is 46.7 Å². The van der Waals surface area contributed by atoms with Crippen molar-refractivity contribution in [3.63, 3.8) is 0 Å². The zero-order valence-corrected chi connectivity index (χ0v) is 10.0. The summed E-state index contributed by atoms with van der Waals surface area (Å²) in [6.07, 6.45) is -4.76. The largest absolute Gasteiger partial charge is 0.436 e. The maximum Gasteiger partial charge on any atom is 0.436 e. The van der Waals surface area contributed by atoms with Gasteiger partial charge in [-0.05, 0) is 12.1 Å². The van der Waals surface area contributed by atoms with Crippen LogP contribution in [0.25, 0.3) is 5.69 Å². The molecule has 0 atom stereocenters. The van der Waals surface area contributed by atoms with E-state index in [0.717, 1.165) is 4.68 Å². The highest BCUT2D eigenvalue weighted by atomic mass is 35.5. The topological polar surface area (TPSA) is 60.9 Å². The number of carbonyl (C=O) groups is 1. The van der Waals surface area contributed by atoms with Gasteiger partial charge in [0, 0.05) is 0 Å². The molecule has 0 aliphatic carbocycles. The van der Waals surface area contributed by atoms with Crippen molar-refractivity contribution in [2.45, 2.75) is 6.18 Å². The monoisotopic (exact) mass is 289 g/mol. The molecule has 19 heavy (non-hydrogen) atoms. The van der Waals surface area contributed by atoms with Crippen molar-refractivity contribution < 1.29 is 18.0 Å². The number of amides is 1. The molecule has 0 saturated carbocycles. The van der Waals surface area contributed by atoms with Gasteiger partial charge in [-0.1, -0.05) is 29.8 Å². The number of rotatable bonds is 2. The van der Waals surface area contributed by atoms with Crippen molar-refractivity contribution in [2.24, 2.45) is 5.73 Å². The van der Waals surface area contributed by atoms with Crippen LogP contribution in [0.1, 0.15) is 16.2 Å². The van der Waals surface area contributed by atoms with Crippen molar-refractivity contribution in [2.75, 3.05) is 0 Å². The summed E-state index contributed by atoms with van der Waals surface area (Å²) in [5.41, 5.74) is 3.48. The molecule has 1 heterocycles. The summed E-state index contributed by atoms with van der Waals surface area (Å²) in [5.74, 6) is -1.09. The highest BCUT2D eigenvalue weighted by molar-refractivity contribution is 6.34. The van der Waals surface area contributed by atoms with Crippen LogP contribution in [0.2, 0.25) is 5.02 Å². The zero-order valence-electron chi connectivity index (χ0n) is 9.28. The normalized spacial score (nSPS) is 11.6. The molecule has 4 nitrogen and oxygen atoms in total. The SMILES string of the molecule is NC(=O)c1c(Cl)c(C(F)(F)F)nn1-c1ccccc1. The van der Waals surface area contributed by atoms with Crippen molar-refractivity contribution in [3.8, 4) is 5.69 Å². The third-order valence-corrected chi connectivity index (χ3v) is 2.69. The predicted octanol–water partition coefficient (Wildman–Crippen LogP) is 2.64. The standard InChI is InChI=1S/C11H7ClF3N3O/c12-7-8(10(16)19)18(6-4-2-1-3-5-6)17-9(7)11(13,14)15/h1-5H,(H2,16,19). The quantitative estimate of drug-likeness (QED) is 0.924. The minimum absolute atomic E-state index is 0.258. The number of nitrogens with two attached hydrogens (primary N) is 1. The lowest BCUT2D eigenvalue weighted by atomic mass is 10.3. The molecule has 2 rings (SSSR count). The summed E-state index contributed by atoms with van der Waals surface area (Å²) in [6, 6.07) is 7.81. The smallest absolute Gasteiger partial charge is 0.364 e. The number of primary amides is 1. The first-order valence-corrected chi connectivity index (χ1v) is 5.41. The van der Waals surface area contributed by atoms with E-state index in [0.29, 0.717) is 0 Å². The van der Waals surface area contributed by atoms with Crippen LogP contribution in [-0.4, -0.2) is 15.7 Å². The van der Waals surface area contributed by atoms with Crippen LogP contribution < -0.4 is 5.73 Å². The van der Waals surface area contributed by atoms with Gasteiger partial charge in [-0.3, -0.25) is 4.79 Å². The van der Waals surface area contributed by atoms with Gasteiger partial charge < -0.3 is 5.73 Å². The number of nitrogens with zero attached hydrogens (tertiary/aromatic N) is 2. The molecule has 2 N–H and O–H groups in total. The second-order valence-corrected chi connectivity index (χ2v) is 4.00. The van der Waals surface area contributed by atoms with E-state index in [-0.39, 0.29) is 5.69 Å². The molecule has 8 heteroatoms. The van der Waals surface area contributed by atoms with Gasteiger partial charge in [0.05, 0.1) is 5.69 Å². The lowest BCUT2D eigenvalue weighted by Gasteiger charge is -2.04. The second-order valence-electron chi connectivity index (χ2n) is 3.62. The minimum atomic E-state index is -4.76. The Balaban J connectivity index is 2.71. The summed E-state index contributed by atoms with van der Waals surface area (Å²) < 4.78 is 38.9. The van der Waals surface area contributed by atoms with Gasteiger partial charge in [0.15, 0.2) is 11.4 Å². The van der Waals surface area contributed by atoms with Gasteiger partial charge in [-0.25, -0.2) is 4.68 Å². The van der Waals surface area contributed by atoms with E-state index in [1.165, 1.54) is 12.1 Å². The Morgan fingerprint density at radius 3 is 2.32 bits per heavy atom. The third kappa shape index (κ3) is 2.41. The first-order valence-electron chi connectivity index (χ1n) is 5.03. The molecule has 0 saturated heterocycles. The maximum atomic E-state index is 12.7. The number of hydrogen-bond donors (Lipinski definition) is 1. The summed E-state index contributed by atoms with van der Waals surface area (Å²) in [4.78, 5) is 11.3. The lowest BCUT2D eigenvalue weighted by Crippen LogP contribution is -2.17. The van der Waals surface area contributed by atoms with Crippen LogP contribution in [-0.2, 0) is 6.18 Å². The van der Waals surface area contributed by atoms with Gasteiger partial charge in [0.25, 0.3) is 5.91 Å². The van der Waals surface area contributed by atoms with Crippen LogP contribution in [0.5, 0.6) is 0 Å². The maximum absolute atomic E-state index is 12.7. The van der Waals surface area contributed by atoms with E-state index in [1.54, 1.807) is 18.2 Å². The molecule has 0 radical (unpaired) electrons. The van der Waals surface area contributed by atoms with E-state index >= 15 is 0 Å². The van der Waals surface area contributed by atoms with E-state index in [2.05, 4.69) is 5.10 Å². The predicted molar refractivity (Wildman–Crippen MR) is 62.1 cm³/mol. The third-order valence-electron chi connectivity index (χ3n) is 2.33. The fourth-order valence-corrected chi connectivity index (χ4v) is 1.87. The van der Waals surface area contributed by atoms with Gasteiger partial charge in [-0.15, -0.1) is 0 Å². The Morgan fingerprint density at radius 2 is 1.84 bits per heavy atom.